The quantitative estimate of drug-likeness (QED) is 0.686. The van der Waals surface area contributed by atoms with Crippen LogP contribution < -0.4 is 9.47 Å². The van der Waals surface area contributed by atoms with Gasteiger partial charge in [0.1, 0.15) is 0 Å². The van der Waals surface area contributed by atoms with Crippen LogP contribution in [0.25, 0.3) is 22.2 Å². The van der Waals surface area contributed by atoms with Crippen molar-refractivity contribution in [2.24, 2.45) is 0 Å². The van der Waals surface area contributed by atoms with E-state index in [4.69, 9.17) is 26.1 Å². The Morgan fingerprint density at radius 2 is 1.74 bits per heavy atom. The number of methoxy groups -OCH3 is 2. The molecule has 1 aromatic heterocycles. The van der Waals surface area contributed by atoms with E-state index < -0.39 is 0 Å². The summed E-state index contributed by atoms with van der Waals surface area (Å²) >= 11 is 6.66. The van der Waals surface area contributed by atoms with Gasteiger partial charge in [0.25, 0.3) is 0 Å². The van der Waals surface area contributed by atoms with Crippen molar-refractivity contribution in [3.05, 3.63) is 52.5 Å². The number of benzene rings is 2. The molecule has 1 heterocycles. The predicted octanol–water partition coefficient (Wildman–Crippen LogP) is 4.67. The summed E-state index contributed by atoms with van der Waals surface area (Å²) in [5.41, 5.74) is 5.28. The molecule has 0 bridgehead atoms. The van der Waals surface area contributed by atoms with E-state index in [1.165, 1.54) is 5.56 Å². The fourth-order valence-corrected chi connectivity index (χ4v) is 3.61. The first-order valence-corrected chi connectivity index (χ1v) is 7.93. The van der Waals surface area contributed by atoms with Crippen LogP contribution in [-0.4, -0.2) is 19.2 Å². The number of pyridine rings is 1. The van der Waals surface area contributed by atoms with E-state index in [0.717, 1.165) is 51.3 Å². The minimum atomic E-state index is 0.713. The van der Waals surface area contributed by atoms with Crippen molar-refractivity contribution in [2.45, 2.75) is 12.8 Å². The van der Waals surface area contributed by atoms with Crippen molar-refractivity contribution < 1.29 is 9.47 Å². The first-order chi connectivity index (χ1) is 11.2. The molecule has 0 spiro atoms. The number of halogens is 1. The maximum atomic E-state index is 6.66. The highest BCUT2D eigenvalue weighted by molar-refractivity contribution is 6.36. The summed E-state index contributed by atoms with van der Waals surface area (Å²) in [5, 5.41) is 1.82. The van der Waals surface area contributed by atoms with Crippen molar-refractivity contribution in [1.29, 1.82) is 0 Å². The number of nitrogens with zero attached hydrogens (tertiary/aromatic N) is 1. The molecule has 0 aliphatic heterocycles. The lowest BCUT2D eigenvalue weighted by Gasteiger charge is -2.22. The molecule has 0 saturated heterocycles. The number of para-hydroxylation sites is 1. The van der Waals surface area contributed by atoms with E-state index >= 15 is 0 Å². The number of hydrogen-bond acceptors (Lipinski definition) is 3. The molecule has 0 amide bonds. The van der Waals surface area contributed by atoms with Crippen LogP contribution in [0.4, 0.5) is 0 Å². The SMILES string of the molecule is COc1cc2c(cc1OC)-c1nc3ccccc3c(Cl)c1CC2. The predicted molar refractivity (Wildman–Crippen MR) is 92.7 cm³/mol. The Morgan fingerprint density at radius 1 is 1.00 bits per heavy atom. The Kier molecular flexibility index (Phi) is 3.38. The van der Waals surface area contributed by atoms with Crippen molar-refractivity contribution >= 4 is 22.5 Å². The van der Waals surface area contributed by atoms with E-state index in [1.54, 1.807) is 14.2 Å². The molecule has 3 nitrogen and oxygen atoms in total. The average Bonchev–Trinajstić information content (AvgIpc) is 2.60. The summed E-state index contributed by atoms with van der Waals surface area (Å²) in [5.74, 6) is 1.46. The highest BCUT2D eigenvalue weighted by Gasteiger charge is 2.23. The van der Waals surface area contributed by atoms with Crippen LogP contribution in [0.3, 0.4) is 0 Å². The first-order valence-electron chi connectivity index (χ1n) is 7.55. The van der Waals surface area contributed by atoms with Crippen LogP contribution in [0.1, 0.15) is 11.1 Å². The van der Waals surface area contributed by atoms with Gasteiger partial charge in [-0.1, -0.05) is 29.8 Å². The van der Waals surface area contributed by atoms with Gasteiger partial charge >= 0.3 is 0 Å². The van der Waals surface area contributed by atoms with Gasteiger partial charge in [-0.3, -0.25) is 0 Å². The number of aryl methyl sites for hydroxylation is 1. The molecule has 23 heavy (non-hydrogen) atoms. The molecular formula is C19H16ClNO2. The molecule has 3 aromatic rings. The molecule has 4 heteroatoms. The second-order valence-corrected chi connectivity index (χ2v) is 6.01. The maximum Gasteiger partial charge on any atom is 0.161 e. The van der Waals surface area contributed by atoms with Gasteiger partial charge in [-0.15, -0.1) is 0 Å². The average molecular weight is 326 g/mol. The first kappa shape index (κ1) is 14.3. The molecule has 0 N–H and O–H groups in total. The molecule has 0 saturated carbocycles. The van der Waals surface area contributed by atoms with Crippen LogP contribution in [0.15, 0.2) is 36.4 Å². The fourth-order valence-electron chi connectivity index (χ4n) is 3.27. The topological polar surface area (TPSA) is 31.4 Å². The molecule has 0 radical (unpaired) electrons. The zero-order valence-corrected chi connectivity index (χ0v) is 13.8. The summed E-state index contributed by atoms with van der Waals surface area (Å²) < 4.78 is 10.9. The van der Waals surface area contributed by atoms with Crippen LogP contribution >= 0.6 is 11.6 Å². The van der Waals surface area contributed by atoms with Crippen LogP contribution in [-0.2, 0) is 12.8 Å². The van der Waals surface area contributed by atoms with Gasteiger partial charge in [0.05, 0.1) is 30.5 Å². The van der Waals surface area contributed by atoms with Crippen molar-refractivity contribution in [2.75, 3.05) is 14.2 Å². The third-order valence-corrected chi connectivity index (χ3v) is 4.86. The molecule has 1 aliphatic carbocycles. The molecule has 2 aromatic carbocycles. The van der Waals surface area contributed by atoms with Gasteiger partial charge in [0, 0.05) is 10.9 Å². The number of hydrogen-bond donors (Lipinski definition) is 0. The highest BCUT2D eigenvalue weighted by Crippen LogP contribution is 2.43. The summed E-state index contributed by atoms with van der Waals surface area (Å²) in [6.45, 7) is 0. The maximum absolute atomic E-state index is 6.66. The lowest BCUT2D eigenvalue weighted by molar-refractivity contribution is 0.354. The second-order valence-electron chi connectivity index (χ2n) is 5.63. The zero-order chi connectivity index (χ0) is 16.0. The second kappa shape index (κ2) is 5.43. The largest absolute Gasteiger partial charge is 0.493 e. The third-order valence-electron chi connectivity index (χ3n) is 4.43. The van der Waals surface area contributed by atoms with E-state index in [1.807, 2.05) is 36.4 Å². The number of aromatic nitrogens is 1. The fraction of sp³-hybridized carbons (Fsp3) is 0.211. The van der Waals surface area contributed by atoms with Crippen molar-refractivity contribution in [3.8, 4) is 22.8 Å². The molecule has 4 rings (SSSR count). The smallest absolute Gasteiger partial charge is 0.161 e. The molecule has 0 atom stereocenters. The van der Waals surface area contributed by atoms with Crippen LogP contribution in [0.5, 0.6) is 11.5 Å². The zero-order valence-electron chi connectivity index (χ0n) is 13.0. The van der Waals surface area contributed by atoms with Gasteiger partial charge in [-0.25, -0.2) is 4.98 Å². The summed E-state index contributed by atoms with van der Waals surface area (Å²) in [6.07, 6.45) is 1.80. The number of fused-ring (bicyclic) bond motifs is 4. The van der Waals surface area contributed by atoms with Gasteiger partial charge < -0.3 is 9.47 Å². The van der Waals surface area contributed by atoms with Crippen molar-refractivity contribution in [3.63, 3.8) is 0 Å². The molecule has 116 valence electrons. The lowest BCUT2D eigenvalue weighted by atomic mass is 9.87. The Morgan fingerprint density at radius 3 is 2.52 bits per heavy atom. The summed E-state index contributed by atoms with van der Waals surface area (Å²) in [7, 11) is 3.30. The number of rotatable bonds is 2. The standard InChI is InChI=1S/C19H16ClNO2/c1-22-16-9-11-7-8-13-18(20)12-5-3-4-6-15(12)21-19(13)14(11)10-17(16)23-2/h3-6,9-10H,7-8H2,1-2H3. The van der Waals surface area contributed by atoms with Gasteiger partial charge in [-0.05, 0) is 42.2 Å². The minimum Gasteiger partial charge on any atom is -0.493 e. The summed E-state index contributed by atoms with van der Waals surface area (Å²) in [4.78, 5) is 4.87. The molecule has 1 aliphatic rings. The Hall–Kier alpha value is -2.26. The molecular weight excluding hydrogens is 310 g/mol. The van der Waals surface area contributed by atoms with E-state index in [9.17, 15) is 0 Å². The van der Waals surface area contributed by atoms with E-state index in [0.29, 0.717) is 5.75 Å². The minimum absolute atomic E-state index is 0.713. The van der Waals surface area contributed by atoms with Gasteiger partial charge in [-0.2, -0.15) is 0 Å². The molecule has 0 fully saturated rings. The van der Waals surface area contributed by atoms with Crippen LogP contribution in [0, 0.1) is 0 Å². The van der Waals surface area contributed by atoms with E-state index in [2.05, 4.69) is 0 Å². The monoisotopic (exact) mass is 325 g/mol. The third kappa shape index (κ3) is 2.15. The Bertz CT molecular complexity index is 921. The lowest BCUT2D eigenvalue weighted by Crippen LogP contribution is -2.08. The molecule has 0 unspecified atom stereocenters. The Balaban J connectivity index is 2.02. The highest BCUT2D eigenvalue weighted by atomic mass is 35.5. The van der Waals surface area contributed by atoms with Gasteiger partial charge in [0.2, 0.25) is 0 Å². The van der Waals surface area contributed by atoms with Crippen LogP contribution in [0.2, 0.25) is 5.02 Å². The van der Waals surface area contributed by atoms with E-state index in [-0.39, 0.29) is 0 Å². The number of ether oxygens (including phenoxy) is 2. The normalized spacial score (nSPS) is 12.7. The van der Waals surface area contributed by atoms with Gasteiger partial charge in [0.15, 0.2) is 11.5 Å². The summed E-state index contributed by atoms with van der Waals surface area (Å²) in [6, 6.07) is 12.0. The van der Waals surface area contributed by atoms with Crippen molar-refractivity contribution in [1.82, 2.24) is 4.98 Å². The Labute approximate surface area is 139 Å².